The molecule has 1 aliphatic rings. The second-order valence-electron chi connectivity index (χ2n) is 31.6. The second kappa shape index (κ2) is 36.7. The number of halogens is 4. The number of fused-ring (bicyclic) bond motifs is 12. The summed E-state index contributed by atoms with van der Waals surface area (Å²) >= 11 is 4.41. The number of anilines is 1. The number of carboxylic acid groups (broad SMARTS) is 1. The van der Waals surface area contributed by atoms with Crippen molar-refractivity contribution in [1.29, 1.82) is 0 Å². The number of aromatic carboxylic acids is 1. The zero-order chi connectivity index (χ0) is 95.5. The van der Waals surface area contributed by atoms with Crippen molar-refractivity contribution >= 4 is 169 Å². The number of pyridine rings is 4. The Balaban J connectivity index is 0.000000125. The lowest BCUT2D eigenvalue weighted by Gasteiger charge is -2.13. The first-order valence-electron chi connectivity index (χ1n) is 41.0. The highest BCUT2D eigenvalue weighted by Crippen LogP contribution is 2.48. The van der Waals surface area contributed by atoms with Gasteiger partial charge in [0, 0.05) is 113 Å². The van der Waals surface area contributed by atoms with E-state index in [1.807, 2.05) is 89.3 Å². The van der Waals surface area contributed by atoms with Gasteiger partial charge in [-0.1, -0.05) is 72.8 Å². The van der Waals surface area contributed by atoms with E-state index in [1.165, 1.54) is 79.4 Å². The van der Waals surface area contributed by atoms with Gasteiger partial charge < -0.3 is 53.0 Å². The molecule has 0 atom stereocenters. The van der Waals surface area contributed by atoms with Gasteiger partial charge in [-0.05, 0) is 163 Å². The van der Waals surface area contributed by atoms with Crippen LogP contribution in [0.1, 0.15) is 80.9 Å². The summed E-state index contributed by atoms with van der Waals surface area (Å²) in [6.45, 7) is 5.56. The molecule has 135 heavy (non-hydrogen) atoms. The van der Waals surface area contributed by atoms with Crippen LogP contribution in [0.25, 0.3) is 119 Å². The van der Waals surface area contributed by atoms with E-state index in [-0.39, 0.29) is 92.7 Å². The largest absolute Gasteiger partial charge is 0.477 e. The van der Waals surface area contributed by atoms with E-state index < -0.39 is 87.9 Å². The van der Waals surface area contributed by atoms with Crippen molar-refractivity contribution < 1.29 is 71.5 Å². The Morgan fingerprint density at radius 1 is 0.459 bits per heavy atom. The van der Waals surface area contributed by atoms with Crippen LogP contribution in [-0.2, 0) is 56.2 Å². The molecule has 1 aliphatic heterocycles. The second-order valence-corrected chi connectivity index (χ2v) is 39.7. The number of carbonyl (C=O) groups is 4. The maximum Gasteiger partial charge on any atom is 0.353 e. The number of nitrogens with one attached hydrogen (secondary N) is 8. The summed E-state index contributed by atoms with van der Waals surface area (Å²) in [7, 11) is -11.8. The summed E-state index contributed by atoms with van der Waals surface area (Å²) in [6.07, 6.45) is 10.1. The fourth-order valence-corrected chi connectivity index (χ4v) is 20.7. The summed E-state index contributed by atoms with van der Waals surface area (Å²) in [5.41, 5.74) is 9.89. The Morgan fingerprint density at radius 2 is 0.919 bits per heavy atom. The summed E-state index contributed by atoms with van der Waals surface area (Å²) in [4.78, 5) is 120. The van der Waals surface area contributed by atoms with E-state index in [9.17, 15) is 86.3 Å². The molecule has 11 aromatic heterocycles. The molecule has 3 amide bonds. The highest BCUT2D eigenvalue weighted by atomic mass is 32.2. The van der Waals surface area contributed by atoms with Crippen molar-refractivity contribution in [3.63, 3.8) is 0 Å². The Morgan fingerprint density at radius 3 is 1.47 bits per heavy atom. The zero-order valence-corrected chi connectivity index (χ0v) is 76.6. The van der Waals surface area contributed by atoms with Gasteiger partial charge in [0.2, 0.25) is 30.1 Å². The third-order valence-corrected chi connectivity index (χ3v) is 27.0. The number of thioether (sulfide) groups is 1. The van der Waals surface area contributed by atoms with Gasteiger partial charge in [0.25, 0.3) is 40.0 Å². The fraction of sp³-hybridized carbons (Fsp3) is 0.115. The maximum atomic E-state index is 14.8. The number of carboxylic acids is 1. The molecule has 12 heterocycles. The van der Waals surface area contributed by atoms with Crippen molar-refractivity contribution in [3.05, 3.63) is 356 Å². The summed E-state index contributed by atoms with van der Waals surface area (Å²) in [6, 6.07) is 51.4. The van der Waals surface area contributed by atoms with Crippen LogP contribution in [0.5, 0.6) is 0 Å². The number of hydrogen-bond acceptors (Lipinski definition) is 20. The summed E-state index contributed by atoms with van der Waals surface area (Å²) in [5.74, 6) is -5.70. The molecule has 684 valence electrons. The lowest BCUT2D eigenvalue weighted by molar-refractivity contribution is 0.0686. The van der Waals surface area contributed by atoms with Gasteiger partial charge in [0.1, 0.15) is 51.6 Å². The number of amides is 3. The van der Waals surface area contributed by atoms with Gasteiger partial charge in [-0.2, -0.15) is 0 Å². The molecule has 39 heteroatoms. The summed E-state index contributed by atoms with van der Waals surface area (Å²) in [5, 5.41) is 19.4. The molecule has 0 fully saturated rings. The van der Waals surface area contributed by atoms with Crippen LogP contribution in [0.15, 0.2) is 258 Å². The van der Waals surface area contributed by atoms with Crippen LogP contribution >= 0.6 is 34.4 Å². The molecule has 0 unspecified atom stereocenters. The van der Waals surface area contributed by atoms with Gasteiger partial charge in [-0.3, -0.25) is 33.6 Å². The van der Waals surface area contributed by atoms with E-state index in [1.54, 1.807) is 132 Å². The van der Waals surface area contributed by atoms with E-state index in [0.29, 0.717) is 89.4 Å². The third kappa shape index (κ3) is 18.0. The average Bonchev–Trinajstić information content (AvgIpc) is 1.58. The van der Waals surface area contributed by atoms with Crippen molar-refractivity contribution in [2.24, 2.45) is 0 Å². The Bertz CT molecular complexity index is 8780. The molecule has 0 radical (unpaired) electrons. The van der Waals surface area contributed by atoms with Gasteiger partial charge in [-0.25, -0.2) is 66.8 Å². The zero-order valence-electron chi connectivity index (χ0n) is 71.7. The fourth-order valence-electron chi connectivity index (χ4n) is 16.9. The molecule has 0 saturated carbocycles. The number of hydrogen-bond donors (Lipinski definition) is 9. The van der Waals surface area contributed by atoms with Crippen LogP contribution < -0.4 is 41.7 Å². The molecule has 0 aliphatic carbocycles. The standard InChI is InChI=1S/C25H19FN2O4.C24H17F2N3O4S2.C24H22N4O4S2.C23H17FN4O4S2/c1-13-5-3-6-15(21(13)26)11-28-18-9-8-16-14(2)12-32-23(16)20(18)19(22(28)25(30)31)17-7-4-10-27-24(17)29;1-35(32,33)28-24(31)21-19(16-3-2-9-27-23(16)30)20-18(7-5-13-8-10-34-22(13)20)29(21)12-14-4-6-15(25)11-17(14)26;1-14-6-3-4-7-15(14)12-28-17-9-10-18-21(26-13-33-18)20(17)19(16-8-5-11-25-23(16)29)22(28)24(30)27-34(2,31)32;1-34(31,32)27-23(30)21-18(14-6-4-10-25-22(14)29)19-16(8-9-17-20(19)26-12-33-17)28(21)11-13-5-2-3-7-15(13)24/h3-10,12H,11H2,1-2H3,(H,27,29)(H,30,31);2-11H,12H2,1H3,(H,27,30)(H,28,31);3-11,26H,12-13H2,1-2H3,(H,25,29)(H,27,30);2-10,12H,11H2,1H3,(H,25,29)(H,27,30). The number of furan rings is 1. The molecular formula is C96H75F4N13O16S6. The molecule has 19 aromatic rings. The SMILES string of the molecule is CS(=O)(=O)NC(=O)c1c(-c2ccc[nH]c2=O)c2c3ncsc3ccc2n1Cc1ccccc1F.CS(=O)(=O)NC(=O)c1c(-c2ccc[nH]c2=O)c2c3sccc3ccc2n1Cc1ccc(F)cc1F.Cc1cccc(Cn2c(C(=O)O)c(-c3ccc[nH]c3=O)c3c4occ(C)c4ccc32)c1F.Cc1ccccc1Cn1c(C(=O)NS(C)(=O)=O)c(-c2ccc[nH]c2=O)c2c3c(ccc21)SCN3. The number of thiophene rings is 1. The van der Waals surface area contributed by atoms with E-state index in [4.69, 9.17) is 4.42 Å². The normalized spacial score (nSPS) is 12.0. The highest BCUT2D eigenvalue weighted by molar-refractivity contribution is 8.00. The molecule has 29 nitrogen and oxygen atoms in total. The third-order valence-electron chi connectivity index (χ3n) is 22.7. The average molecular weight is 1940 g/mol. The first kappa shape index (κ1) is 91.6. The number of thiazole rings is 1. The smallest absolute Gasteiger partial charge is 0.353 e. The molecule has 0 spiro atoms. The molecule has 0 bridgehead atoms. The number of rotatable bonds is 19. The Hall–Kier alpha value is -15.3. The molecule has 20 rings (SSSR count). The predicted molar refractivity (Wildman–Crippen MR) is 515 cm³/mol. The molecule has 9 N–H and O–H groups in total. The quantitative estimate of drug-likeness (QED) is 0.0340. The minimum absolute atomic E-state index is 0.0123. The number of aryl methyl sites for hydroxylation is 3. The number of aromatic nitrogens is 9. The van der Waals surface area contributed by atoms with E-state index in [2.05, 4.69) is 35.0 Å². The van der Waals surface area contributed by atoms with Gasteiger partial charge in [0.15, 0.2) is 0 Å². The van der Waals surface area contributed by atoms with Gasteiger partial charge in [0.05, 0.1) is 116 Å². The van der Waals surface area contributed by atoms with E-state index >= 15 is 0 Å². The number of carbonyl (C=O) groups excluding carboxylic acids is 3. The first-order chi connectivity index (χ1) is 64.5. The molecule has 8 aromatic carbocycles. The number of nitrogens with zero attached hydrogens (tertiary/aromatic N) is 5. The van der Waals surface area contributed by atoms with Gasteiger partial charge in [-0.15, -0.1) is 34.4 Å². The van der Waals surface area contributed by atoms with E-state index in [0.717, 1.165) is 83.9 Å². The number of H-pyrrole nitrogens is 4. The monoisotopic (exact) mass is 1930 g/mol. The maximum absolute atomic E-state index is 14.8. The molecule has 0 saturated heterocycles. The van der Waals surface area contributed by atoms with Crippen molar-refractivity contribution in [1.82, 2.24) is 57.4 Å². The highest BCUT2D eigenvalue weighted by Gasteiger charge is 2.36. The number of aromatic amines is 4. The van der Waals surface area contributed by atoms with Crippen molar-refractivity contribution in [2.75, 3.05) is 30.0 Å². The number of sulfonamides is 3. The summed E-state index contributed by atoms with van der Waals surface area (Å²) < 4.78 is 149. The van der Waals surface area contributed by atoms with Crippen LogP contribution in [0, 0.1) is 44.0 Å². The minimum atomic E-state index is -3.97. The first-order valence-corrected chi connectivity index (χ1v) is 49.4. The molecular weight excluding hydrogens is 1860 g/mol. The minimum Gasteiger partial charge on any atom is -0.477 e. The van der Waals surface area contributed by atoms with Crippen LogP contribution in [-0.4, -0.2) is 122 Å². The van der Waals surface area contributed by atoms with Crippen LogP contribution in [0.4, 0.5) is 23.2 Å². The Labute approximate surface area is 775 Å². The van der Waals surface area contributed by atoms with Gasteiger partial charge >= 0.3 is 5.97 Å². The lowest BCUT2D eigenvalue weighted by atomic mass is 10.0. The van der Waals surface area contributed by atoms with Crippen molar-refractivity contribution in [3.8, 4) is 44.5 Å². The van der Waals surface area contributed by atoms with Crippen LogP contribution in [0.2, 0.25) is 0 Å². The van der Waals surface area contributed by atoms with Crippen LogP contribution in [0.3, 0.4) is 0 Å². The Kier molecular flexibility index (Phi) is 24.9. The predicted octanol–water partition coefficient (Wildman–Crippen LogP) is 16.5. The topological polar surface area (TPSA) is 416 Å². The van der Waals surface area contributed by atoms with Crippen molar-refractivity contribution in [2.45, 2.75) is 51.8 Å². The lowest BCUT2D eigenvalue weighted by Crippen LogP contribution is -2.32. The number of benzene rings is 8.